The number of rotatable bonds is 3. The molecule has 1 aromatic carbocycles. The van der Waals surface area contributed by atoms with Gasteiger partial charge in [-0.25, -0.2) is 8.42 Å². The molecule has 0 amide bonds. The molecule has 136 valence electrons. The third-order valence-corrected chi connectivity index (χ3v) is 6.63. The van der Waals surface area contributed by atoms with Crippen LogP contribution in [0.5, 0.6) is 0 Å². The molecule has 3 aromatic rings. The predicted octanol–water partition coefficient (Wildman–Crippen LogP) is 0.647. The number of hydrogen-bond acceptors (Lipinski definition) is 7. The molecule has 1 aliphatic heterocycles. The summed E-state index contributed by atoms with van der Waals surface area (Å²) in [7, 11) is -3.49. The third-order valence-electron chi connectivity index (χ3n) is 4.57. The molecule has 0 saturated carbocycles. The van der Waals surface area contributed by atoms with E-state index in [1.165, 1.54) is 8.94 Å². The van der Waals surface area contributed by atoms with Crippen LogP contribution in [0, 0.1) is 13.8 Å². The number of sulfonamides is 1. The minimum absolute atomic E-state index is 0.379. The van der Waals surface area contributed by atoms with E-state index in [1.807, 2.05) is 36.9 Å². The van der Waals surface area contributed by atoms with Crippen molar-refractivity contribution in [3.05, 3.63) is 41.5 Å². The average Bonchev–Trinajstić information content (AvgIpc) is 3.09. The summed E-state index contributed by atoms with van der Waals surface area (Å²) in [5.41, 5.74) is 2.40. The molecule has 3 heterocycles. The molecule has 4 rings (SSSR count). The van der Waals surface area contributed by atoms with Crippen LogP contribution >= 0.6 is 0 Å². The summed E-state index contributed by atoms with van der Waals surface area (Å²) in [4.78, 5) is 2.42. The van der Waals surface area contributed by atoms with Gasteiger partial charge in [-0.1, -0.05) is 17.7 Å². The van der Waals surface area contributed by atoms with E-state index in [-0.39, 0.29) is 0 Å². The maximum absolute atomic E-state index is 13.0. The van der Waals surface area contributed by atoms with Crippen LogP contribution in [0.1, 0.15) is 11.1 Å². The summed E-state index contributed by atoms with van der Waals surface area (Å²) >= 11 is 0. The first-order valence-corrected chi connectivity index (χ1v) is 9.77. The van der Waals surface area contributed by atoms with E-state index >= 15 is 0 Å². The number of piperazine rings is 1. The van der Waals surface area contributed by atoms with E-state index in [0.29, 0.717) is 36.7 Å². The lowest BCUT2D eigenvalue weighted by atomic mass is 10.2. The normalized spacial score (nSPS) is 16.3. The minimum atomic E-state index is -3.49. The molecule has 0 atom stereocenters. The summed E-state index contributed by atoms with van der Waals surface area (Å²) in [5, 5.41) is 15.6. The monoisotopic (exact) mass is 373 g/mol. The van der Waals surface area contributed by atoms with E-state index < -0.39 is 10.0 Å². The van der Waals surface area contributed by atoms with Crippen molar-refractivity contribution in [1.29, 1.82) is 0 Å². The van der Waals surface area contributed by atoms with Crippen molar-refractivity contribution in [2.75, 3.05) is 31.1 Å². The Morgan fingerprint density at radius 2 is 1.77 bits per heavy atom. The molecule has 0 unspecified atom stereocenters. The number of tetrazole rings is 1. The number of aromatic nitrogens is 5. The van der Waals surface area contributed by atoms with Gasteiger partial charge in [0.15, 0.2) is 11.5 Å². The SMILES string of the molecule is Cc1ccc(S(=O)(=O)N2CCN(c3ccc4nnnn4n3)CC2)c(C)c1. The summed E-state index contributed by atoms with van der Waals surface area (Å²) in [5.74, 6) is 0.730. The Morgan fingerprint density at radius 3 is 2.50 bits per heavy atom. The Labute approximate surface area is 151 Å². The summed E-state index contributed by atoms with van der Waals surface area (Å²) < 4.78 is 28.8. The first-order chi connectivity index (χ1) is 12.4. The van der Waals surface area contributed by atoms with Crippen LogP contribution in [0.15, 0.2) is 35.2 Å². The fourth-order valence-corrected chi connectivity index (χ4v) is 4.82. The lowest BCUT2D eigenvalue weighted by Gasteiger charge is -2.34. The minimum Gasteiger partial charge on any atom is -0.352 e. The zero-order valence-electron chi connectivity index (χ0n) is 14.6. The molecule has 0 radical (unpaired) electrons. The van der Waals surface area contributed by atoms with Crippen molar-refractivity contribution >= 4 is 21.5 Å². The Balaban J connectivity index is 1.52. The molecule has 10 heteroatoms. The molecule has 0 spiro atoms. The van der Waals surface area contributed by atoms with Crippen molar-refractivity contribution < 1.29 is 8.42 Å². The Morgan fingerprint density at radius 1 is 1.00 bits per heavy atom. The summed E-state index contributed by atoms with van der Waals surface area (Å²) in [6.07, 6.45) is 0. The molecule has 9 nitrogen and oxygen atoms in total. The van der Waals surface area contributed by atoms with Gasteiger partial charge in [0, 0.05) is 26.2 Å². The maximum atomic E-state index is 13.0. The van der Waals surface area contributed by atoms with Crippen LogP contribution in [0.4, 0.5) is 5.82 Å². The highest BCUT2D eigenvalue weighted by atomic mass is 32.2. The number of benzene rings is 1. The number of aryl methyl sites for hydroxylation is 2. The van der Waals surface area contributed by atoms with Gasteiger partial charge in [0.2, 0.25) is 10.0 Å². The van der Waals surface area contributed by atoms with Gasteiger partial charge < -0.3 is 4.90 Å². The smallest absolute Gasteiger partial charge is 0.243 e. The van der Waals surface area contributed by atoms with E-state index in [2.05, 4.69) is 20.6 Å². The quantitative estimate of drug-likeness (QED) is 0.665. The molecule has 26 heavy (non-hydrogen) atoms. The van der Waals surface area contributed by atoms with Crippen molar-refractivity contribution in [1.82, 2.24) is 29.6 Å². The molecule has 1 fully saturated rings. The first-order valence-electron chi connectivity index (χ1n) is 8.33. The van der Waals surface area contributed by atoms with Crippen LogP contribution in [0.25, 0.3) is 5.65 Å². The second-order valence-corrected chi connectivity index (χ2v) is 8.28. The largest absolute Gasteiger partial charge is 0.352 e. The fraction of sp³-hybridized carbons (Fsp3) is 0.375. The molecule has 1 saturated heterocycles. The highest BCUT2D eigenvalue weighted by molar-refractivity contribution is 7.89. The zero-order valence-corrected chi connectivity index (χ0v) is 15.4. The van der Waals surface area contributed by atoms with Gasteiger partial charge in [-0.3, -0.25) is 0 Å². The van der Waals surface area contributed by atoms with Gasteiger partial charge in [-0.05, 0) is 48.0 Å². The first kappa shape index (κ1) is 16.9. The van der Waals surface area contributed by atoms with Crippen LogP contribution in [0.3, 0.4) is 0 Å². The van der Waals surface area contributed by atoms with Crippen LogP contribution < -0.4 is 4.90 Å². The van der Waals surface area contributed by atoms with Gasteiger partial charge in [-0.2, -0.15) is 4.31 Å². The van der Waals surface area contributed by atoms with E-state index in [9.17, 15) is 8.42 Å². The predicted molar refractivity (Wildman–Crippen MR) is 95.5 cm³/mol. The fourth-order valence-electron chi connectivity index (χ4n) is 3.19. The van der Waals surface area contributed by atoms with Crippen LogP contribution in [-0.2, 0) is 10.0 Å². The molecule has 0 N–H and O–H groups in total. The van der Waals surface area contributed by atoms with Crippen molar-refractivity contribution in [2.24, 2.45) is 0 Å². The summed E-state index contributed by atoms with van der Waals surface area (Å²) in [6.45, 7) is 5.73. The molecule has 2 aromatic heterocycles. The number of nitrogens with zero attached hydrogens (tertiary/aromatic N) is 7. The zero-order chi connectivity index (χ0) is 18.3. The lowest BCUT2D eigenvalue weighted by molar-refractivity contribution is 0.383. The molecular formula is C16H19N7O2S. The van der Waals surface area contributed by atoms with Gasteiger partial charge in [0.1, 0.15) is 0 Å². The number of anilines is 1. The van der Waals surface area contributed by atoms with E-state index in [4.69, 9.17) is 0 Å². The Kier molecular flexibility index (Phi) is 4.08. The molecule has 0 aliphatic carbocycles. The van der Waals surface area contributed by atoms with Crippen LogP contribution in [0.2, 0.25) is 0 Å². The van der Waals surface area contributed by atoms with Crippen molar-refractivity contribution in [3.8, 4) is 0 Å². The van der Waals surface area contributed by atoms with Gasteiger partial charge in [0.05, 0.1) is 4.90 Å². The topological polar surface area (TPSA) is 96.6 Å². The van der Waals surface area contributed by atoms with Gasteiger partial charge in [0.25, 0.3) is 0 Å². The average molecular weight is 373 g/mol. The van der Waals surface area contributed by atoms with E-state index in [0.717, 1.165) is 16.9 Å². The Hall–Kier alpha value is -2.59. The van der Waals surface area contributed by atoms with Crippen molar-refractivity contribution in [3.63, 3.8) is 0 Å². The van der Waals surface area contributed by atoms with E-state index in [1.54, 1.807) is 12.1 Å². The molecular weight excluding hydrogens is 354 g/mol. The number of fused-ring (bicyclic) bond motifs is 1. The highest BCUT2D eigenvalue weighted by Gasteiger charge is 2.30. The van der Waals surface area contributed by atoms with Crippen molar-refractivity contribution in [2.45, 2.75) is 18.7 Å². The summed E-state index contributed by atoms with van der Waals surface area (Å²) in [6, 6.07) is 9.07. The second kappa shape index (κ2) is 6.29. The van der Waals surface area contributed by atoms with Gasteiger partial charge in [-0.15, -0.1) is 14.8 Å². The molecule has 1 aliphatic rings. The third kappa shape index (κ3) is 2.90. The number of hydrogen-bond donors (Lipinski definition) is 0. The lowest BCUT2D eigenvalue weighted by Crippen LogP contribution is -2.49. The molecule has 0 bridgehead atoms. The second-order valence-electron chi connectivity index (χ2n) is 6.38. The standard InChI is InChI=1S/C16H19N7O2S/c1-12-3-4-14(13(2)11-12)26(24,25)22-9-7-21(8-10-22)16-6-5-15-17-19-20-23(15)18-16/h3-6,11H,7-10H2,1-2H3. The Bertz CT molecular complexity index is 1060. The highest BCUT2D eigenvalue weighted by Crippen LogP contribution is 2.23. The van der Waals surface area contributed by atoms with Crippen LogP contribution in [-0.4, -0.2) is 64.2 Å². The maximum Gasteiger partial charge on any atom is 0.243 e. The van der Waals surface area contributed by atoms with Gasteiger partial charge >= 0.3 is 0 Å².